The zero-order valence-corrected chi connectivity index (χ0v) is 14.4. The van der Waals surface area contributed by atoms with E-state index >= 15 is 0 Å². The number of fused-ring (bicyclic) bond motifs is 3. The van der Waals surface area contributed by atoms with E-state index in [0.717, 1.165) is 5.39 Å². The number of H-pyrrole nitrogens is 1. The maximum Gasteiger partial charge on any atom is 0.343 e. The van der Waals surface area contributed by atoms with Crippen LogP contribution in [-0.2, 0) is 9.53 Å². The Labute approximate surface area is 153 Å². The summed E-state index contributed by atoms with van der Waals surface area (Å²) in [6, 6.07) is 14.3. The highest BCUT2D eigenvalue weighted by Gasteiger charge is 2.16. The number of benzene rings is 2. The summed E-state index contributed by atoms with van der Waals surface area (Å²) in [4.78, 5) is 26.5. The molecule has 0 spiro atoms. The molecule has 0 aliphatic rings. The number of ether oxygens (including phenoxy) is 2. The summed E-state index contributed by atoms with van der Waals surface area (Å²) in [5.41, 5.74) is 7.74. The molecule has 0 unspecified atom stereocenters. The fraction of sp³-hybridized carbons (Fsp3) is 0.105. The Kier molecular flexibility index (Phi) is 4.00. The predicted molar refractivity (Wildman–Crippen MR) is 101 cm³/mol. The summed E-state index contributed by atoms with van der Waals surface area (Å²) >= 11 is 0. The molecule has 8 heteroatoms. The van der Waals surface area contributed by atoms with Crippen LogP contribution in [0.3, 0.4) is 0 Å². The van der Waals surface area contributed by atoms with Crippen LogP contribution >= 0.6 is 0 Å². The lowest BCUT2D eigenvalue weighted by molar-refractivity contribution is -0.142. The van der Waals surface area contributed by atoms with E-state index in [1.165, 1.54) is 11.8 Å². The number of hydrogen-bond acceptors (Lipinski definition) is 6. The van der Waals surface area contributed by atoms with Crippen LogP contribution in [0.25, 0.3) is 27.5 Å². The van der Waals surface area contributed by atoms with Gasteiger partial charge in [-0.1, -0.05) is 24.3 Å². The highest BCUT2D eigenvalue weighted by atomic mass is 16.6. The Morgan fingerprint density at radius 1 is 1.22 bits per heavy atom. The quantitative estimate of drug-likeness (QED) is 0.536. The van der Waals surface area contributed by atoms with Gasteiger partial charge in [-0.2, -0.15) is 5.10 Å². The topological polar surface area (TPSA) is 112 Å². The number of pyridine rings is 1. The van der Waals surface area contributed by atoms with Crippen molar-refractivity contribution in [2.75, 3.05) is 19.5 Å². The Balaban J connectivity index is 1.84. The van der Waals surface area contributed by atoms with Gasteiger partial charge in [-0.15, -0.1) is 0 Å². The highest BCUT2D eigenvalue weighted by Crippen LogP contribution is 2.27. The van der Waals surface area contributed by atoms with Gasteiger partial charge in [0.1, 0.15) is 22.5 Å². The zero-order valence-electron chi connectivity index (χ0n) is 14.4. The van der Waals surface area contributed by atoms with Crippen molar-refractivity contribution in [3.63, 3.8) is 0 Å². The molecule has 4 aromatic rings. The SMILES string of the molecule is COC(=O)COc1cccc(-n2nc3c(c2N)c(=O)[nH]c2ccccc23)c1. The Bertz CT molecular complexity index is 1230. The number of aromatic nitrogens is 3. The fourth-order valence-electron chi connectivity index (χ4n) is 2.93. The second-order valence-electron chi connectivity index (χ2n) is 5.88. The van der Waals surface area contributed by atoms with Crippen LogP contribution in [0.5, 0.6) is 5.75 Å². The second kappa shape index (κ2) is 6.49. The Hall–Kier alpha value is -3.81. The molecular formula is C19H16N4O4. The molecule has 0 aliphatic carbocycles. The van der Waals surface area contributed by atoms with Crippen molar-refractivity contribution >= 4 is 33.6 Å². The molecular weight excluding hydrogens is 348 g/mol. The van der Waals surface area contributed by atoms with Gasteiger partial charge >= 0.3 is 5.97 Å². The van der Waals surface area contributed by atoms with Crippen LogP contribution in [0.4, 0.5) is 5.82 Å². The number of nitrogen functional groups attached to an aromatic ring is 1. The molecule has 136 valence electrons. The van der Waals surface area contributed by atoms with Crippen molar-refractivity contribution in [2.24, 2.45) is 0 Å². The molecule has 0 bridgehead atoms. The van der Waals surface area contributed by atoms with E-state index in [1.54, 1.807) is 24.3 Å². The smallest absolute Gasteiger partial charge is 0.343 e. The lowest BCUT2D eigenvalue weighted by atomic mass is 10.1. The number of rotatable bonds is 4. The molecule has 0 amide bonds. The number of nitrogens with two attached hydrogens (primary N) is 1. The zero-order chi connectivity index (χ0) is 19.0. The normalized spacial score (nSPS) is 11.0. The molecule has 8 nitrogen and oxygen atoms in total. The first-order chi connectivity index (χ1) is 13.1. The van der Waals surface area contributed by atoms with Crippen LogP contribution in [0, 0.1) is 0 Å². The molecule has 0 saturated heterocycles. The van der Waals surface area contributed by atoms with Gasteiger partial charge < -0.3 is 20.2 Å². The van der Waals surface area contributed by atoms with E-state index in [4.69, 9.17) is 10.5 Å². The monoisotopic (exact) mass is 364 g/mol. The minimum Gasteiger partial charge on any atom is -0.482 e. The Morgan fingerprint density at radius 3 is 2.85 bits per heavy atom. The van der Waals surface area contributed by atoms with Crippen molar-refractivity contribution in [3.8, 4) is 11.4 Å². The lowest BCUT2D eigenvalue weighted by Crippen LogP contribution is -2.12. The van der Waals surface area contributed by atoms with Gasteiger partial charge in [-0.25, -0.2) is 9.48 Å². The van der Waals surface area contributed by atoms with Crippen molar-refractivity contribution in [3.05, 3.63) is 58.9 Å². The van der Waals surface area contributed by atoms with Crippen LogP contribution in [0.1, 0.15) is 0 Å². The minimum atomic E-state index is -0.484. The largest absolute Gasteiger partial charge is 0.482 e. The molecule has 2 heterocycles. The molecule has 3 N–H and O–H groups in total. The third kappa shape index (κ3) is 2.86. The number of nitrogens with zero attached hydrogens (tertiary/aromatic N) is 2. The van der Waals surface area contributed by atoms with Crippen molar-refractivity contribution in [1.29, 1.82) is 0 Å². The van der Waals surface area contributed by atoms with E-state index < -0.39 is 5.97 Å². The predicted octanol–water partition coefficient (Wildman–Crippen LogP) is 2.00. The Morgan fingerprint density at radius 2 is 2.04 bits per heavy atom. The summed E-state index contributed by atoms with van der Waals surface area (Å²) in [5, 5.41) is 5.68. The lowest BCUT2D eigenvalue weighted by Gasteiger charge is -2.08. The summed E-state index contributed by atoms with van der Waals surface area (Å²) < 4.78 is 11.4. The highest BCUT2D eigenvalue weighted by molar-refractivity contribution is 6.06. The molecule has 0 radical (unpaired) electrons. The average Bonchev–Trinajstić information content (AvgIpc) is 3.04. The maximum atomic E-state index is 12.5. The molecule has 0 saturated carbocycles. The molecule has 0 aliphatic heterocycles. The number of carbonyl (C=O) groups is 1. The summed E-state index contributed by atoms with van der Waals surface area (Å²) in [6.07, 6.45) is 0. The van der Waals surface area contributed by atoms with Crippen molar-refractivity contribution in [1.82, 2.24) is 14.8 Å². The number of methoxy groups -OCH3 is 1. The molecule has 2 aromatic carbocycles. The van der Waals surface area contributed by atoms with Gasteiger partial charge in [-0.05, 0) is 18.2 Å². The molecule has 0 fully saturated rings. The van der Waals surface area contributed by atoms with E-state index in [0.29, 0.717) is 27.9 Å². The van der Waals surface area contributed by atoms with Crippen molar-refractivity contribution in [2.45, 2.75) is 0 Å². The van der Waals surface area contributed by atoms with Gasteiger partial charge in [0.25, 0.3) is 5.56 Å². The number of nitrogens with one attached hydrogen (secondary N) is 1. The first-order valence-corrected chi connectivity index (χ1v) is 8.18. The summed E-state index contributed by atoms with van der Waals surface area (Å²) in [5.74, 6) is 0.195. The average molecular weight is 364 g/mol. The first kappa shape index (κ1) is 16.6. The van der Waals surface area contributed by atoms with Crippen LogP contribution in [-0.4, -0.2) is 34.5 Å². The number of carbonyl (C=O) groups excluding carboxylic acids is 1. The maximum absolute atomic E-state index is 12.5. The molecule has 27 heavy (non-hydrogen) atoms. The molecule has 2 aromatic heterocycles. The first-order valence-electron chi connectivity index (χ1n) is 8.18. The second-order valence-corrected chi connectivity index (χ2v) is 5.88. The van der Waals surface area contributed by atoms with Gasteiger partial charge in [-0.3, -0.25) is 4.79 Å². The van der Waals surface area contributed by atoms with Gasteiger partial charge in [0.2, 0.25) is 0 Å². The number of anilines is 1. The summed E-state index contributed by atoms with van der Waals surface area (Å²) in [6.45, 7) is -0.208. The number of esters is 1. The van der Waals surface area contributed by atoms with E-state index in [2.05, 4.69) is 14.8 Å². The number of para-hydroxylation sites is 1. The van der Waals surface area contributed by atoms with E-state index in [1.807, 2.05) is 24.3 Å². The van der Waals surface area contributed by atoms with E-state index in [-0.39, 0.29) is 18.0 Å². The minimum absolute atomic E-state index is 0.208. The standard InChI is InChI=1S/C19H16N4O4/c1-26-15(24)10-27-12-6-4-5-11(9-12)23-18(20)16-17(22-23)13-7-2-3-8-14(13)21-19(16)25/h2-9H,10,20H2,1H3,(H,21,25). The van der Waals surface area contributed by atoms with Crippen LogP contribution in [0.2, 0.25) is 0 Å². The third-order valence-electron chi connectivity index (χ3n) is 4.23. The van der Waals surface area contributed by atoms with Crippen LogP contribution in [0.15, 0.2) is 53.3 Å². The third-order valence-corrected chi connectivity index (χ3v) is 4.23. The van der Waals surface area contributed by atoms with Gasteiger partial charge in [0.05, 0.1) is 18.3 Å². The summed E-state index contributed by atoms with van der Waals surface area (Å²) in [7, 11) is 1.29. The molecule has 0 atom stereocenters. The fourth-order valence-corrected chi connectivity index (χ4v) is 2.93. The number of hydrogen-bond donors (Lipinski definition) is 2. The van der Waals surface area contributed by atoms with Crippen LogP contribution < -0.4 is 16.0 Å². The van der Waals surface area contributed by atoms with Gasteiger partial charge in [0, 0.05) is 11.5 Å². The van der Waals surface area contributed by atoms with Crippen molar-refractivity contribution < 1.29 is 14.3 Å². The van der Waals surface area contributed by atoms with Gasteiger partial charge in [0.15, 0.2) is 6.61 Å². The number of aromatic amines is 1. The van der Waals surface area contributed by atoms with E-state index in [9.17, 15) is 9.59 Å². The molecule has 4 rings (SSSR count).